The normalized spacial score (nSPS) is 12.6. The molecule has 0 spiro atoms. The van der Waals surface area contributed by atoms with E-state index in [1.807, 2.05) is 24.3 Å². The van der Waals surface area contributed by atoms with Gasteiger partial charge in [0.05, 0.1) is 5.56 Å². The number of nitrogens with one attached hydrogen (secondary N) is 2. The first-order valence-electron chi connectivity index (χ1n) is 10.6. The Hall–Kier alpha value is -4.07. The number of benzene rings is 3. The Morgan fingerprint density at radius 1 is 0.912 bits per heavy atom. The Labute approximate surface area is 194 Å². The summed E-state index contributed by atoms with van der Waals surface area (Å²) in [4.78, 5) is 24.9. The number of anilines is 2. The lowest BCUT2D eigenvalue weighted by Gasteiger charge is -2.16. The number of carbonyl (C=O) groups is 2. The van der Waals surface area contributed by atoms with Crippen LogP contribution in [0.4, 0.5) is 24.5 Å². The lowest BCUT2D eigenvalue weighted by molar-refractivity contribution is -0.137. The largest absolute Gasteiger partial charge is 0.483 e. The van der Waals surface area contributed by atoms with Gasteiger partial charge in [0.15, 0.2) is 6.61 Å². The molecule has 0 fully saturated rings. The first-order chi connectivity index (χ1) is 16.3. The SMILES string of the molecule is O=C(COc1cccc2c1CCC=C2)Nc1cccc(C(=O)Nc2cccc(C(F)(F)F)c2)c1. The third-order valence-electron chi connectivity index (χ3n) is 5.24. The van der Waals surface area contributed by atoms with Crippen molar-refractivity contribution in [3.8, 4) is 5.75 Å². The molecular weight excluding hydrogens is 445 g/mol. The van der Waals surface area contributed by atoms with E-state index in [1.165, 1.54) is 24.3 Å². The topological polar surface area (TPSA) is 67.4 Å². The molecule has 0 bridgehead atoms. The van der Waals surface area contributed by atoms with Crippen molar-refractivity contribution in [3.63, 3.8) is 0 Å². The van der Waals surface area contributed by atoms with Crippen LogP contribution in [0.5, 0.6) is 5.75 Å². The van der Waals surface area contributed by atoms with Crippen LogP contribution in [0.2, 0.25) is 0 Å². The van der Waals surface area contributed by atoms with Crippen LogP contribution in [-0.4, -0.2) is 18.4 Å². The predicted molar refractivity (Wildman–Crippen MR) is 124 cm³/mol. The molecule has 3 aromatic rings. The highest BCUT2D eigenvalue weighted by Crippen LogP contribution is 2.31. The van der Waals surface area contributed by atoms with Crippen molar-refractivity contribution in [2.24, 2.45) is 0 Å². The van der Waals surface area contributed by atoms with E-state index >= 15 is 0 Å². The molecule has 0 atom stereocenters. The number of fused-ring (bicyclic) bond motifs is 1. The summed E-state index contributed by atoms with van der Waals surface area (Å²) in [6, 6.07) is 16.2. The van der Waals surface area contributed by atoms with Crippen LogP contribution in [-0.2, 0) is 17.4 Å². The Morgan fingerprint density at radius 2 is 1.65 bits per heavy atom. The number of rotatable bonds is 6. The lowest BCUT2D eigenvalue weighted by Crippen LogP contribution is -2.21. The van der Waals surface area contributed by atoms with Crippen molar-refractivity contribution in [2.45, 2.75) is 19.0 Å². The summed E-state index contributed by atoms with van der Waals surface area (Å²) < 4.78 is 44.4. The van der Waals surface area contributed by atoms with Crippen molar-refractivity contribution in [1.82, 2.24) is 0 Å². The molecule has 2 amide bonds. The molecule has 0 aliphatic heterocycles. The van der Waals surface area contributed by atoms with E-state index in [1.54, 1.807) is 12.1 Å². The maximum absolute atomic E-state index is 12.9. The van der Waals surface area contributed by atoms with Crippen LogP contribution < -0.4 is 15.4 Å². The minimum atomic E-state index is -4.51. The Balaban J connectivity index is 1.38. The summed E-state index contributed by atoms with van der Waals surface area (Å²) in [6.07, 6.45) is 1.36. The molecular formula is C26H21F3N2O3. The summed E-state index contributed by atoms with van der Waals surface area (Å²) in [5.41, 5.74) is 1.84. The van der Waals surface area contributed by atoms with Crippen LogP contribution in [0.3, 0.4) is 0 Å². The molecule has 0 radical (unpaired) electrons. The molecule has 2 N–H and O–H groups in total. The second kappa shape index (κ2) is 9.82. The van der Waals surface area contributed by atoms with E-state index in [9.17, 15) is 22.8 Å². The monoisotopic (exact) mass is 466 g/mol. The summed E-state index contributed by atoms with van der Waals surface area (Å²) in [5, 5.41) is 5.12. The Kier molecular flexibility index (Phi) is 6.67. The quantitative estimate of drug-likeness (QED) is 0.473. The molecule has 34 heavy (non-hydrogen) atoms. The van der Waals surface area contributed by atoms with Crippen LogP contribution in [0.25, 0.3) is 6.08 Å². The molecule has 0 aromatic heterocycles. The second-order valence-corrected chi connectivity index (χ2v) is 7.72. The Morgan fingerprint density at radius 3 is 2.44 bits per heavy atom. The first kappa shape index (κ1) is 23.1. The fraction of sp³-hybridized carbons (Fsp3) is 0.154. The van der Waals surface area contributed by atoms with Gasteiger partial charge in [-0.3, -0.25) is 9.59 Å². The average Bonchev–Trinajstić information content (AvgIpc) is 2.82. The van der Waals surface area contributed by atoms with Gasteiger partial charge in [0.25, 0.3) is 11.8 Å². The minimum absolute atomic E-state index is 0.0173. The summed E-state index contributed by atoms with van der Waals surface area (Å²) in [7, 11) is 0. The molecule has 3 aromatic carbocycles. The van der Waals surface area contributed by atoms with Crippen LogP contribution in [0.15, 0.2) is 72.8 Å². The predicted octanol–water partition coefficient (Wildman–Crippen LogP) is 5.93. The molecule has 0 saturated heterocycles. The van der Waals surface area contributed by atoms with Gasteiger partial charge in [0.1, 0.15) is 5.75 Å². The van der Waals surface area contributed by atoms with Gasteiger partial charge in [-0.2, -0.15) is 13.2 Å². The van der Waals surface area contributed by atoms with Gasteiger partial charge in [-0.1, -0.05) is 36.4 Å². The number of hydrogen-bond donors (Lipinski definition) is 2. The zero-order valence-corrected chi connectivity index (χ0v) is 18.0. The minimum Gasteiger partial charge on any atom is -0.483 e. The van der Waals surface area contributed by atoms with Gasteiger partial charge in [0, 0.05) is 22.5 Å². The van der Waals surface area contributed by atoms with E-state index < -0.39 is 23.6 Å². The first-order valence-corrected chi connectivity index (χ1v) is 10.6. The van der Waals surface area contributed by atoms with Gasteiger partial charge in [-0.05, 0) is 60.9 Å². The van der Waals surface area contributed by atoms with Crippen LogP contribution in [0, 0.1) is 0 Å². The summed E-state index contributed by atoms with van der Waals surface area (Å²) in [5.74, 6) is -0.346. The van der Waals surface area contributed by atoms with Gasteiger partial charge in [-0.25, -0.2) is 0 Å². The van der Waals surface area contributed by atoms with Crippen molar-refractivity contribution in [2.75, 3.05) is 17.2 Å². The van der Waals surface area contributed by atoms with Crippen molar-refractivity contribution in [1.29, 1.82) is 0 Å². The Bertz CT molecular complexity index is 1250. The second-order valence-electron chi connectivity index (χ2n) is 7.72. The van der Waals surface area contributed by atoms with Crippen LogP contribution in [0.1, 0.15) is 33.5 Å². The molecule has 0 unspecified atom stereocenters. The van der Waals surface area contributed by atoms with Crippen LogP contribution >= 0.6 is 0 Å². The molecule has 174 valence electrons. The van der Waals surface area contributed by atoms with Crippen molar-refractivity contribution in [3.05, 3.63) is 95.1 Å². The number of carbonyl (C=O) groups excluding carboxylic acids is 2. The zero-order chi connectivity index (χ0) is 24.1. The van der Waals surface area contributed by atoms with Gasteiger partial charge in [-0.15, -0.1) is 0 Å². The third-order valence-corrected chi connectivity index (χ3v) is 5.24. The highest BCUT2D eigenvalue weighted by Gasteiger charge is 2.30. The maximum Gasteiger partial charge on any atom is 0.416 e. The van der Waals surface area contributed by atoms with Crippen molar-refractivity contribution < 1.29 is 27.5 Å². The molecule has 5 nitrogen and oxygen atoms in total. The van der Waals surface area contributed by atoms with Gasteiger partial charge < -0.3 is 15.4 Å². The van der Waals surface area contributed by atoms with Crippen molar-refractivity contribution >= 4 is 29.3 Å². The van der Waals surface area contributed by atoms with E-state index in [0.717, 1.165) is 36.1 Å². The fourth-order valence-electron chi connectivity index (χ4n) is 3.63. The highest BCUT2D eigenvalue weighted by molar-refractivity contribution is 6.05. The van der Waals surface area contributed by atoms with E-state index in [2.05, 4.69) is 16.7 Å². The van der Waals surface area contributed by atoms with E-state index in [-0.39, 0.29) is 17.9 Å². The smallest absolute Gasteiger partial charge is 0.416 e. The third kappa shape index (κ3) is 5.64. The molecule has 0 saturated carbocycles. The van der Waals surface area contributed by atoms with E-state index in [0.29, 0.717) is 11.4 Å². The average molecular weight is 466 g/mol. The highest BCUT2D eigenvalue weighted by atomic mass is 19.4. The summed E-state index contributed by atoms with van der Waals surface area (Å²) >= 11 is 0. The standard InChI is InChI=1S/C26H21F3N2O3/c27-26(28,29)19-9-5-11-21(15-19)31-25(33)18-8-3-10-20(14-18)30-24(32)16-34-23-13-4-7-17-6-1-2-12-22(17)23/h1,3-11,13-15H,2,12,16H2,(H,30,32)(H,31,33). The molecule has 0 heterocycles. The molecule has 1 aliphatic rings. The number of ether oxygens (including phenoxy) is 1. The fourth-order valence-corrected chi connectivity index (χ4v) is 3.63. The number of hydrogen-bond acceptors (Lipinski definition) is 3. The molecule has 4 rings (SSSR count). The molecule has 8 heteroatoms. The van der Waals surface area contributed by atoms with E-state index in [4.69, 9.17) is 4.74 Å². The van der Waals surface area contributed by atoms with Gasteiger partial charge >= 0.3 is 6.18 Å². The number of alkyl halides is 3. The zero-order valence-electron chi connectivity index (χ0n) is 18.0. The maximum atomic E-state index is 12.9. The molecule has 1 aliphatic carbocycles. The number of amides is 2. The van der Waals surface area contributed by atoms with Gasteiger partial charge in [0.2, 0.25) is 0 Å². The summed E-state index contributed by atoms with van der Waals surface area (Å²) in [6.45, 7) is -0.208. The lowest BCUT2D eigenvalue weighted by atomic mass is 9.97. The number of halogens is 3. The number of allylic oxidation sites excluding steroid dienone is 1.